The number of nitrogens with zero attached hydrogens (tertiary/aromatic N) is 3. The summed E-state index contributed by atoms with van der Waals surface area (Å²) in [4.78, 5) is 28.4. The Morgan fingerprint density at radius 2 is 2.24 bits per heavy atom. The van der Waals surface area contributed by atoms with Crippen LogP contribution in [0.4, 0.5) is 0 Å². The Bertz CT molecular complexity index is 770. The van der Waals surface area contributed by atoms with Crippen LogP contribution in [0.2, 0.25) is 0 Å². The zero-order valence-electron chi connectivity index (χ0n) is 14.2. The molecule has 1 fully saturated rings. The summed E-state index contributed by atoms with van der Waals surface area (Å²) in [5.41, 5.74) is 0.923. The van der Waals surface area contributed by atoms with Crippen LogP contribution in [0.15, 0.2) is 29.8 Å². The van der Waals surface area contributed by atoms with E-state index >= 15 is 0 Å². The molecule has 2 amide bonds. The van der Waals surface area contributed by atoms with E-state index in [-0.39, 0.29) is 17.7 Å². The molecule has 6 nitrogen and oxygen atoms in total. The standard InChI is InChI=1S/C18H22N4O2S/c1-12-9-15(12)18(24)21-10-13-4-7-20-22(13)16(11-21)17(23)19-6-5-14-3-2-8-25-14/h2-4,7-8,12,15-16H,5-6,9-11H2,1H3,(H,19,23)/t12-,15+,16-/m1/s1. The van der Waals surface area contributed by atoms with Gasteiger partial charge in [0.1, 0.15) is 6.04 Å². The highest BCUT2D eigenvalue weighted by Crippen LogP contribution is 2.40. The first-order chi connectivity index (χ1) is 12.1. The zero-order chi connectivity index (χ0) is 17.4. The van der Waals surface area contributed by atoms with Crippen LogP contribution in [0.5, 0.6) is 0 Å². The first-order valence-electron chi connectivity index (χ1n) is 8.74. The molecule has 0 unspecified atom stereocenters. The number of rotatable bonds is 5. The van der Waals surface area contributed by atoms with Gasteiger partial charge in [-0.3, -0.25) is 14.3 Å². The first-order valence-corrected chi connectivity index (χ1v) is 9.62. The molecular formula is C18H22N4O2S. The van der Waals surface area contributed by atoms with Gasteiger partial charge in [-0.1, -0.05) is 13.0 Å². The van der Waals surface area contributed by atoms with E-state index in [0.29, 0.717) is 25.6 Å². The van der Waals surface area contributed by atoms with E-state index in [1.54, 1.807) is 22.2 Å². The molecule has 0 saturated heterocycles. The Kier molecular flexibility index (Phi) is 4.33. The van der Waals surface area contributed by atoms with E-state index in [1.165, 1.54) is 4.88 Å². The Morgan fingerprint density at radius 1 is 1.40 bits per heavy atom. The van der Waals surface area contributed by atoms with E-state index in [1.807, 2.05) is 22.4 Å². The van der Waals surface area contributed by atoms with Crippen molar-refractivity contribution < 1.29 is 9.59 Å². The summed E-state index contributed by atoms with van der Waals surface area (Å²) >= 11 is 1.69. The van der Waals surface area contributed by atoms with Crippen LogP contribution in [0.25, 0.3) is 0 Å². The molecule has 1 aliphatic heterocycles. The van der Waals surface area contributed by atoms with Crippen LogP contribution in [0.1, 0.15) is 30.0 Å². The number of aromatic nitrogens is 2. The number of hydrogen-bond acceptors (Lipinski definition) is 4. The van der Waals surface area contributed by atoms with E-state index in [0.717, 1.165) is 18.5 Å². The fourth-order valence-electron chi connectivity index (χ4n) is 3.44. The van der Waals surface area contributed by atoms with Crippen molar-refractivity contribution in [1.82, 2.24) is 20.0 Å². The molecule has 1 saturated carbocycles. The third kappa shape index (κ3) is 3.33. The van der Waals surface area contributed by atoms with Crippen molar-refractivity contribution in [2.45, 2.75) is 32.4 Å². The number of thiophene rings is 1. The second kappa shape index (κ2) is 6.63. The van der Waals surface area contributed by atoms with Crippen LogP contribution in [-0.2, 0) is 22.6 Å². The van der Waals surface area contributed by atoms with Crippen LogP contribution < -0.4 is 5.32 Å². The van der Waals surface area contributed by atoms with Gasteiger partial charge in [-0.25, -0.2) is 0 Å². The third-order valence-electron chi connectivity index (χ3n) is 5.09. The summed E-state index contributed by atoms with van der Waals surface area (Å²) in [5.74, 6) is 0.716. The summed E-state index contributed by atoms with van der Waals surface area (Å²) in [6.07, 6.45) is 3.49. The van der Waals surface area contributed by atoms with Gasteiger partial charge < -0.3 is 10.2 Å². The van der Waals surface area contributed by atoms with Crippen molar-refractivity contribution in [3.8, 4) is 0 Å². The predicted molar refractivity (Wildman–Crippen MR) is 95.0 cm³/mol. The summed E-state index contributed by atoms with van der Waals surface area (Å²) in [6, 6.07) is 5.53. The number of hydrogen-bond donors (Lipinski definition) is 1. The molecule has 0 radical (unpaired) electrons. The Labute approximate surface area is 150 Å². The van der Waals surface area contributed by atoms with E-state index in [2.05, 4.69) is 23.4 Å². The maximum absolute atomic E-state index is 12.7. The molecule has 0 aromatic carbocycles. The van der Waals surface area contributed by atoms with Crippen molar-refractivity contribution in [3.63, 3.8) is 0 Å². The molecule has 1 aliphatic carbocycles. The highest BCUT2D eigenvalue weighted by atomic mass is 32.1. The molecule has 3 heterocycles. The Balaban J connectivity index is 1.42. The van der Waals surface area contributed by atoms with Crippen molar-refractivity contribution in [1.29, 1.82) is 0 Å². The van der Waals surface area contributed by atoms with Gasteiger partial charge in [0.05, 0.1) is 18.8 Å². The number of amides is 2. The fraction of sp³-hybridized carbons (Fsp3) is 0.500. The normalized spacial score (nSPS) is 24.7. The lowest BCUT2D eigenvalue weighted by Crippen LogP contribution is -2.47. The summed E-state index contributed by atoms with van der Waals surface area (Å²) in [5, 5.41) is 9.35. The minimum atomic E-state index is -0.444. The van der Waals surface area contributed by atoms with E-state index < -0.39 is 6.04 Å². The quantitative estimate of drug-likeness (QED) is 0.887. The predicted octanol–water partition coefficient (Wildman–Crippen LogP) is 1.84. The molecule has 2 aromatic heterocycles. The number of carbonyl (C=O) groups excluding carboxylic acids is 2. The largest absolute Gasteiger partial charge is 0.354 e. The second-order valence-corrected chi connectivity index (χ2v) is 7.97. The minimum Gasteiger partial charge on any atom is -0.354 e. The van der Waals surface area contributed by atoms with Gasteiger partial charge in [-0.15, -0.1) is 11.3 Å². The molecule has 3 atom stereocenters. The van der Waals surface area contributed by atoms with Crippen molar-refractivity contribution in [2.75, 3.05) is 13.1 Å². The third-order valence-corrected chi connectivity index (χ3v) is 6.02. The van der Waals surface area contributed by atoms with Gasteiger partial charge >= 0.3 is 0 Å². The minimum absolute atomic E-state index is 0.0668. The number of nitrogens with one attached hydrogen (secondary N) is 1. The lowest BCUT2D eigenvalue weighted by atomic mass is 10.1. The molecule has 0 spiro atoms. The molecule has 2 aromatic rings. The van der Waals surface area contributed by atoms with Gasteiger partial charge in [0.2, 0.25) is 11.8 Å². The van der Waals surface area contributed by atoms with Gasteiger partial charge in [0.15, 0.2) is 0 Å². The van der Waals surface area contributed by atoms with Gasteiger partial charge in [-0.05, 0) is 36.3 Å². The van der Waals surface area contributed by atoms with E-state index in [9.17, 15) is 9.59 Å². The average molecular weight is 358 g/mol. The SMILES string of the molecule is C[C@@H]1C[C@@H]1C(=O)N1Cc2ccnn2[C@@H](C(=O)NCCc2cccs2)C1. The van der Waals surface area contributed by atoms with Crippen LogP contribution in [-0.4, -0.2) is 39.6 Å². The summed E-state index contributed by atoms with van der Waals surface area (Å²) in [7, 11) is 0. The lowest BCUT2D eigenvalue weighted by molar-refractivity contribution is -0.137. The van der Waals surface area contributed by atoms with Gasteiger partial charge in [0, 0.05) is 23.5 Å². The Hall–Kier alpha value is -2.15. The maximum Gasteiger partial charge on any atom is 0.246 e. The topological polar surface area (TPSA) is 67.2 Å². The van der Waals surface area contributed by atoms with E-state index in [4.69, 9.17) is 0 Å². The lowest BCUT2D eigenvalue weighted by Gasteiger charge is -2.33. The maximum atomic E-state index is 12.7. The molecule has 1 N–H and O–H groups in total. The highest BCUT2D eigenvalue weighted by molar-refractivity contribution is 7.09. The van der Waals surface area contributed by atoms with Crippen molar-refractivity contribution >= 4 is 23.2 Å². The smallest absolute Gasteiger partial charge is 0.246 e. The molecule has 0 bridgehead atoms. The highest BCUT2D eigenvalue weighted by Gasteiger charge is 2.43. The van der Waals surface area contributed by atoms with Gasteiger partial charge in [0.25, 0.3) is 0 Å². The van der Waals surface area contributed by atoms with Gasteiger partial charge in [-0.2, -0.15) is 5.10 Å². The van der Waals surface area contributed by atoms with Crippen LogP contribution in [0.3, 0.4) is 0 Å². The van der Waals surface area contributed by atoms with Crippen molar-refractivity contribution in [3.05, 3.63) is 40.3 Å². The van der Waals surface area contributed by atoms with Crippen LogP contribution in [0, 0.1) is 11.8 Å². The number of fused-ring (bicyclic) bond motifs is 1. The fourth-order valence-corrected chi connectivity index (χ4v) is 4.15. The second-order valence-electron chi connectivity index (χ2n) is 6.94. The Morgan fingerprint density at radius 3 is 2.96 bits per heavy atom. The number of carbonyl (C=O) groups is 2. The molecule has 25 heavy (non-hydrogen) atoms. The van der Waals surface area contributed by atoms with Crippen LogP contribution >= 0.6 is 11.3 Å². The van der Waals surface area contributed by atoms with Crippen molar-refractivity contribution in [2.24, 2.45) is 11.8 Å². The molecule has 132 valence electrons. The zero-order valence-corrected chi connectivity index (χ0v) is 15.0. The first kappa shape index (κ1) is 16.3. The molecule has 4 rings (SSSR count). The average Bonchev–Trinajstić information content (AvgIpc) is 3.03. The summed E-state index contributed by atoms with van der Waals surface area (Å²) < 4.78 is 1.76. The summed E-state index contributed by atoms with van der Waals surface area (Å²) in [6.45, 7) is 3.65. The molecule has 7 heteroatoms. The molecular weight excluding hydrogens is 336 g/mol. The monoisotopic (exact) mass is 358 g/mol. The molecule has 2 aliphatic rings.